The minimum atomic E-state index is -0.274. The largest absolute Gasteiger partial charge is 0.459 e. The number of amides is 2. The molecule has 156 valence electrons. The molecule has 0 radical (unpaired) electrons. The van der Waals surface area contributed by atoms with E-state index in [1.807, 2.05) is 32.0 Å². The van der Waals surface area contributed by atoms with E-state index < -0.39 is 0 Å². The summed E-state index contributed by atoms with van der Waals surface area (Å²) in [6.07, 6.45) is 3.22. The van der Waals surface area contributed by atoms with Gasteiger partial charge in [-0.1, -0.05) is 0 Å². The average molecular weight is 400 g/mol. The summed E-state index contributed by atoms with van der Waals surface area (Å²) in [6.45, 7) is 6.02. The van der Waals surface area contributed by atoms with Crippen LogP contribution in [0.3, 0.4) is 0 Å². The first-order valence-electron chi connectivity index (χ1n) is 9.78. The van der Waals surface area contributed by atoms with Gasteiger partial charge in [0, 0.05) is 45.0 Å². The third-order valence-electron chi connectivity index (χ3n) is 5.23. The highest BCUT2D eigenvalue weighted by Crippen LogP contribution is 2.14. The third-order valence-corrected chi connectivity index (χ3v) is 5.23. The zero-order valence-electron chi connectivity index (χ0n) is 17.4. The monoisotopic (exact) mass is 400 g/mol. The zero-order valence-corrected chi connectivity index (χ0v) is 17.4. The van der Waals surface area contributed by atoms with E-state index in [9.17, 15) is 14.4 Å². The number of aromatic nitrogens is 1. The first kappa shape index (κ1) is 20.9. The predicted molar refractivity (Wildman–Crippen MR) is 109 cm³/mol. The Labute approximate surface area is 170 Å². The number of pyridine rings is 1. The number of furan rings is 1. The van der Waals surface area contributed by atoms with Crippen molar-refractivity contribution in [1.82, 2.24) is 19.3 Å². The molecule has 8 heteroatoms. The number of aryl methyl sites for hydroxylation is 1. The fraction of sp³-hybridized carbons (Fsp3) is 0.476. The van der Waals surface area contributed by atoms with E-state index in [1.165, 1.54) is 6.26 Å². The summed E-state index contributed by atoms with van der Waals surface area (Å²) in [4.78, 5) is 43.9. The number of hydrogen-bond donors (Lipinski definition) is 0. The molecule has 8 nitrogen and oxygen atoms in total. The van der Waals surface area contributed by atoms with Crippen LogP contribution in [0.25, 0.3) is 0 Å². The first-order chi connectivity index (χ1) is 13.8. The maximum atomic E-state index is 13.1. The summed E-state index contributed by atoms with van der Waals surface area (Å²) < 4.78 is 6.79. The molecule has 3 heterocycles. The molecule has 1 aliphatic rings. The molecular formula is C21H28N4O4. The normalized spacial score (nSPS) is 15.6. The van der Waals surface area contributed by atoms with Crippen molar-refractivity contribution in [2.24, 2.45) is 0 Å². The highest BCUT2D eigenvalue weighted by Gasteiger charge is 2.29. The Hall–Kier alpha value is -2.87. The molecule has 2 aromatic rings. The van der Waals surface area contributed by atoms with Gasteiger partial charge >= 0.3 is 0 Å². The number of rotatable bonds is 5. The van der Waals surface area contributed by atoms with Gasteiger partial charge in [-0.3, -0.25) is 14.4 Å². The SMILES string of the molecule is Cc1ccn(C(C)CN(C)C)c(=O)c1C(=O)N1CCN(C(=O)c2ccco2)CC1. The van der Waals surface area contributed by atoms with Crippen molar-refractivity contribution in [3.8, 4) is 0 Å². The molecule has 0 spiro atoms. The highest BCUT2D eigenvalue weighted by molar-refractivity contribution is 5.96. The van der Waals surface area contributed by atoms with Crippen molar-refractivity contribution in [2.45, 2.75) is 19.9 Å². The summed E-state index contributed by atoms with van der Waals surface area (Å²) in [5.74, 6) is -0.164. The van der Waals surface area contributed by atoms with E-state index in [0.717, 1.165) is 0 Å². The number of likely N-dealkylation sites (N-methyl/N-ethyl adjacent to an activating group) is 1. The van der Waals surface area contributed by atoms with Crippen molar-refractivity contribution in [1.29, 1.82) is 0 Å². The minimum Gasteiger partial charge on any atom is -0.459 e. The maximum Gasteiger partial charge on any atom is 0.289 e. The van der Waals surface area contributed by atoms with Gasteiger partial charge in [0.05, 0.1) is 6.26 Å². The lowest BCUT2D eigenvalue weighted by molar-refractivity contribution is 0.0516. The Kier molecular flexibility index (Phi) is 6.22. The van der Waals surface area contributed by atoms with Crippen LogP contribution < -0.4 is 5.56 Å². The number of piperazine rings is 1. The lowest BCUT2D eigenvalue weighted by Crippen LogP contribution is -2.51. The lowest BCUT2D eigenvalue weighted by Gasteiger charge is -2.34. The summed E-state index contributed by atoms with van der Waals surface area (Å²) in [5, 5.41) is 0. The van der Waals surface area contributed by atoms with Gasteiger partial charge < -0.3 is 23.7 Å². The van der Waals surface area contributed by atoms with E-state index in [-0.39, 0.29) is 29.0 Å². The topological polar surface area (TPSA) is 79.0 Å². The lowest BCUT2D eigenvalue weighted by atomic mass is 10.1. The molecule has 29 heavy (non-hydrogen) atoms. The van der Waals surface area contributed by atoms with Gasteiger partial charge in [-0.15, -0.1) is 0 Å². The van der Waals surface area contributed by atoms with Gasteiger partial charge in [-0.05, 0) is 51.7 Å². The van der Waals surface area contributed by atoms with Crippen molar-refractivity contribution in [3.05, 3.63) is 57.9 Å². The number of nitrogens with zero attached hydrogens (tertiary/aromatic N) is 4. The standard InChI is InChI=1S/C21H28N4O4/c1-15-7-8-25(16(2)14-22(3)4)21(28)18(15)20(27)24-11-9-23(10-12-24)19(26)17-6-5-13-29-17/h5-8,13,16H,9-12,14H2,1-4H3. The summed E-state index contributed by atoms with van der Waals surface area (Å²) in [7, 11) is 3.90. The van der Waals surface area contributed by atoms with Crippen LogP contribution in [0.1, 0.15) is 39.4 Å². The number of carbonyl (C=O) groups excluding carboxylic acids is 2. The van der Waals surface area contributed by atoms with Gasteiger partial charge in [0.1, 0.15) is 5.56 Å². The minimum absolute atomic E-state index is 0.0487. The molecule has 1 unspecified atom stereocenters. The smallest absolute Gasteiger partial charge is 0.289 e. The van der Waals surface area contributed by atoms with Gasteiger partial charge in [-0.25, -0.2) is 0 Å². The van der Waals surface area contributed by atoms with Crippen LogP contribution in [-0.2, 0) is 0 Å². The Balaban J connectivity index is 1.74. The summed E-state index contributed by atoms with van der Waals surface area (Å²) in [6, 6.07) is 5.07. The molecule has 1 saturated heterocycles. The number of hydrogen-bond acceptors (Lipinski definition) is 5. The van der Waals surface area contributed by atoms with Crippen LogP contribution in [0.2, 0.25) is 0 Å². The van der Waals surface area contributed by atoms with Crippen molar-refractivity contribution >= 4 is 11.8 Å². The summed E-state index contributed by atoms with van der Waals surface area (Å²) in [5.41, 5.74) is 0.616. The van der Waals surface area contributed by atoms with Crippen molar-refractivity contribution in [3.63, 3.8) is 0 Å². The first-order valence-corrected chi connectivity index (χ1v) is 9.78. The van der Waals surface area contributed by atoms with E-state index in [0.29, 0.717) is 44.0 Å². The van der Waals surface area contributed by atoms with E-state index in [2.05, 4.69) is 0 Å². The molecule has 0 aliphatic carbocycles. The van der Waals surface area contributed by atoms with Crippen LogP contribution in [0.15, 0.2) is 39.9 Å². The molecule has 0 saturated carbocycles. The Morgan fingerprint density at radius 1 is 1.10 bits per heavy atom. The van der Waals surface area contributed by atoms with Crippen molar-refractivity contribution < 1.29 is 14.0 Å². The van der Waals surface area contributed by atoms with Gasteiger partial charge in [0.25, 0.3) is 17.4 Å². The molecule has 1 atom stereocenters. The molecule has 2 amide bonds. The van der Waals surface area contributed by atoms with Crippen molar-refractivity contribution in [2.75, 3.05) is 46.8 Å². The quantitative estimate of drug-likeness (QED) is 0.760. The Bertz CT molecular complexity index is 925. The van der Waals surface area contributed by atoms with E-state index in [4.69, 9.17) is 4.42 Å². The molecule has 1 aliphatic heterocycles. The third kappa shape index (κ3) is 4.42. The Morgan fingerprint density at radius 3 is 2.28 bits per heavy atom. The second-order valence-corrected chi connectivity index (χ2v) is 7.76. The fourth-order valence-corrected chi connectivity index (χ4v) is 3.69. The van der Waals surface area contributed by atoms with E-state index in [1.54, 1.807) is 39.6 Å². The maximum absolute atomic E-state index is 13.1. The second kappa shape index (κ2) is 8.65. The molecule has 1 fully saturated rings. The van der Waals surface area contributed by atoms with Crippen LogP contribution >= 0.6 is 0 Å². The number of carbonyl (C=O) groups is 2. The molecule has 0 bridgehead atoms. The van der Waals surface area contributed by atoms with Crippen LogP contribution in [-0.4, -0.2) is 77.9 Å². The fourth-order valence-electron chi connectivity index (χ4n) is 3.69. The van der Waals surface area contributed by atoms with Gasteiger partial charge in [0.15, 0.2) is 5.76 Å². The molecule has 0 aromatic carbocycles. The van der Waals surface area contributed by atoms with Crippen LogP contribution in [0.4, 0.5) is 0 Å². The average Bonchev–Trinajstić information content (AvgIpc) is 3.21. The zero-order chi connectivity index (χ0) is 21.1. The molecule has 2 aromatic heterocycles. The molecule has 3 rings (SSSR count). The summed E-state index contributed by atoms with van der Waals surface area (Å²) >= 11 is 0. The van der Waals surface area contributed by atoms with E-state index >= 15 is 0 Å². The van der Waals surface area contributed by atoms with Gasteiger partial charge in [0.2, 0.25) is 0 Å². The van der Waals surface area contributed by atoms with Crippen LogP contribution in [0.5, 0.6) is 0 Å². The second-order valence-electron chi connectivity index (χ2n) is 7.76. The molecular weight excluding hydrogens is 372 g/mol. The van der Waals surface area contributed by atoms with Crippen LogP contribution in [0, 0.1) is 6.92 Å². The predicted octanol–water partition coefficient (Wildman–Crippen LogP) is 1.47. The van der Waals surface area contributed by atoms with Gasteiger partial charge in [-0.2, -0.15) is 0 Å². The Morgan fingerprint density at radius 2 is 1.72 bits per heavy atom. The highest BCUT2D eigenvalue weighted by atomic mass is 16.3. The molecule has 0 N–H and O–H groups in total.